The fraction of sp³-hybridized carbons (Fsp3) is 0.286. The molecule has 0 unspecified atom stereocenters. The SMILES string of the molecule is Cc1ccnc([C@H]2C[C@@H]2C(=O)Nc2cc(Cl)ncc2Br)n1. The quantitative estimate of drug-likeness (QED) is 0.845. The lowest BCUT2D eigenvalue weighted by molar-refractivity contribution is -0.117. The maximum absolute atomic E-state index is 12.3. The Hall–Kier alpha value is -1.53. The Morgan fingerprint density at radius 3 is 3.05 bits per heavy atom. The molecule has 1 saturated carbocycles. The molecule has 2 aromatic rings. The summed E-state index contributed by atoms with van der Waals surface area (Å²) in [6, 6.07) is 3.46. The Labute approximate surface area is 135 Å². The number of pyridine rings is 1. The molecule has 0 radical (unpaired) electrons. The zero-order valence-corrected chi connectivity index (χ0v) is 13.5. The minimum absolute atomic E-state index is 0.0481. The highest BCUT2D eigenvalue weighted by molar-refractivity contribution is 9.10. The second-order valence-electron chi connectivity index (χ2n) is 4.98. The highest BCUT2D eigenvalue weighted by Gasteiger charge is 2.46. The Morgan fingerprint density at radius 1 is 1.48 bits per heavy atom. The van der Waals surface area contributed by atoms with E-state index in [1.807, 2.05) is 13.0 Å². The first-order valence-electron chi connectivity index (χ1n) is 6.46. The third-order valence-corrected chi connectivity index (χ3v) is 4.19. The molecule has 5 nitrogen and oxygen atoms in total. The predicted octanol–water partition coefficient (Wildman–Crippen LogP) is 3.34. The van der Waals surface area contributed by atoms with E-state index in [9.17, 15) is 4.79 Å². The van der Waals surface area contributed by atoms with Crippen molar-refractivity contribution in [1.82, 2.24) is 15.0 Å². The van der Waals surface area contributed by atoms with Gasteiger partial charge in [-0.15, -0.1) is 0 Å². The van der Waals surface area contributed by atoms with E-state index in [0.717, 1.165) is 17.9 Å². The van der Waals surface area contributed by atoms with Gasteiger partial charge < -0.3 is 5.32 Å². The van der Waals surface area contributed by atoms with Crippen LogP contribution in [-0.2, 0) is 4.79 Å². The van der Waals surface area contributed by atoms with Crippen LogP contribution < -0.4 is 5.32 Å². The molecule has 1 aliphatic rings. The van der Waals surface area contributed by atoms with Crippen LogP contribution in [0, 0.1) is 12.8 Å². The highest BCUT2D eigenvalue weighted by Crippen LogP contribution is 2.46. The van der Waals surface area contributed by atoms with Crippen LogP contribution in [0.1, 0.15) is 23.9 Å². The topological polar surface area (TPSA) is 67.8 Å². The van der Waals surface area contributed by atoms with E-state index in [1.165, 1.54) is 0 Å². The van der Waals surface area contributed by atoms with Gasteiger partial charge in [0, 0.05) is 36.0 Å². The summed E-state index contributed by atoms with van der Waals surface area (Å²) in [5.41, 5.74) is 1.53. The second-order valence-corrected chi connectivity index (χ2v) is 6.22. The predicted molar refractivity (Wildman–Crippen MR) is 83.2 cm³/mol. The van der Waals surface area contributed by atoms with E-state index in [2.05, 4.69) is 36.2 Å². The van der Waals surface area contributed by atoms with Crippen LogP contribution in [0.5, 0.6) is 0 Å². The van der Waals surface area contributed by atoms with E-state index < -0.39 is 0 Å². The molecular weight excluding hydrogens is 356 g/mol. The molecule has 0 bridgehead atoms. The molecule has 3 rings (SSSR count). The zero-order valence-electron chi connectivity index (χ0n) is 11.2. The lowest BCUT2D eigenvalue weighted by Gasteiger charge is -2.07. The van der Waals surface area contributed by atoms with Crippen LogP contribution in [0.2, 0.25) is 5.15 Å². The summed E-state index contributed by atoms with van der Waals surface area (Å²) in [5, 5.41) is 3.20. The van der Waals surface area contributed by atoms with Crippen molar-refractivity contribution in [2.24, 2.45) is 5.92 Å². The van der Waals surface area contributed by atoms with Crippen molar-refractivity contribution in [2.45, 2.75) is 19.3 Å². The molecule has 7 heteroatoms. The monoisotopic (exact) mass is 366 g/mol. The third-order valence-electron chi connectivity index (χ3n) is 3.35. The molecule has 0 saturated heterocycles. The Kier molecular flexibility index (Phi) is 3.91. The number of nitrogens with one attached hydrogen (secondary N) is 1. The Morgan fingerprint density at radius 2 is 2.29 bits per heavy atom. The molecule has 0 aromatic carbocycles. The van der Waals surface area contributed by atoms with E-state index in [0.29, 0.717) is 15.3 Å². The average Bonchev–Trinajstić information content (AvgIpc) is 3.23. The molecule has 1 amide bonds. The van der Waals surface area contributed by atoms with Gasteiger partial charge in [0.05, 0.1) is 10.2 Å². The van der Waals surface area contributed by atoms with Crippen molar-refractivity contribution in [3.05, 3.63) is 45.7 Å². The smallest absolute Gasteiger partial charge is 0.228 e. The number of hydrogen-bond acceptors (Lipinski definition) is 4. The molecule has 1 fully saturated rings. The first-order chi connectivity index (χ1) is 10.0. The van der Waals surface area contributed by atoms with Gasteiger partial charge in [-0.05, 0) is 35.3 Å². The van der Waals surface area contributed by atoms with Gasteiger partial charge in [-0.2, -0.15) is 0 Å². The van der Waals surface area contributed by atoms with Gasteiger partial charge in [-0.1, -0.05) is 11.6 Å². The number of nitrogens with zero attached hydrogens (tertiary/aromatic N) is 3. The maximum atomic E-state index is 12.3. The van der Waals surface area contributed by atoms with Crippen LogP contribution in [0.3, 0.4) is 0 Å². The summed E-state index contributed by atoms with van der Waals surface area (Å²) >= 11 is 9.17. The van der Waals surface area contributed by atoms with Crippen molar-refractivity contribution in [1.29, 1.82) is 0 Å². The largest absolute Gasteiger partial charge is 0.325 e. The number of halogens is 2. The van der Waals surface area contributed by atoms with Crippen molar-refractivity contribution in [3.8, 4) is 0 Å². The van der Waals surface area contributed by atoms with Crippen LogP contribution in [0.25, 0.3) is 0 Å². The molecule has 0 aliphatic heterocycles. The average molecular weight is 368 g/mol. The first kappa shape index (κ1) is 14.4. The van der Waals surface area contributed by atoms with Gasteiger partial charge in [-0.3, -0.25) is 4.79 Å². The summed E-state index contributed by atoms with van der Waals surface area (Å²) in [6.45, 7) is 1.92. The molecule has 1 N–H and O–H groups in total. The normalized spacial score (nSPS) is 20.1. The molecule has 1 aliphatic carbocycles. The fourth-order valence-electron chi connectivity index (χ4n) is 2.15. The van der Waals surface area contributed by atoms with Crippen LogP contribution >= 0.6 is 27.5 Å². The molecule has 21 heavy (non-hydrogen) atoms. The second kappa shape index (κ2) is 5.69. The summed E-state index contributed by atoms with van der Waals surface area (Å²) in [5.74, 6) is 0.696. The van der Waals surface area contributed by atoms with Gasteiger partial charge in [0.1, 0.15) is 11.0 Å². The van der Waals surface area contributed by atoms with E-state index in [1.54, 1.807) is 18.5 Å². The number of carbonyl (C=O) groups excluding carboxylic acids is 1. The van der Waals surface area contributed by atoms with E-state index in [-0.39, 0.29) is 17.7 Å². The molecule has 108 valence electrons. The Bertz CT molecular complexity index is 709. The van der Waals surface area contributed by atoms with E-state index >= 15 is 0 Å². The highest BCUT2D eigenvalue weighted by atomic mass is 79.9. The molecule has 2 atom stereocenters. The zero-order chi connectivity index (χ0) is 15.0. The van der Waals surface area contributed by atoms with E-state index in [4.69, 9.17) is 11.6 Å². The lowest BCUT2D eigenvalue weighted by atomic mass is 10.2. The van der Waals surface area contributed by atoms with Gasteiger partial charge in [0.2, 0.25) is 5.91 Å². The van der Waals surface area contributed by atoms with Crippen molar-refractivity contribution >= 4 is 39.1 Å². The number of aromatic nitrogens is 3. The van der Waals surface area contributed by atoms with Crippen molar-refractivity contribution in [2.75, 3.05) is 5.32 Å². The van der Waals surface area contributed by atoms with Gasteiger partial charge in [0.25, 0.3) is 0 Å². The molecule has 2 aromatic heterocycles. The van der Waals surface area contributed by atoms with Crippen LogP contribution in [0.4, 0.5) is 5.69 Å². The minimum atomic E-state index is -0.0920. The minimum Gasteiger partial charge on any atom is -0.325 e. The van der Waals surface area contributed by atoms with Gasteiger partial charge >= 0.3 is 0 Å². The first-order valence-corrected chi connectivity index (χ1v) is 7.63. The molecule has 0 spiro atoms. The fourth-order valence-corrected chi connectivity index (χ4v) is 2.63. The third kappa shape index (κ3) is 3.22. The molecular formula is C14H12BrClN4O. The van der Waals surface area contributed by atoms with Crippen molar-refractivity contribution in [3.63, 3.8) is 0 Å². The number of amides is 1. The number of hydrogen-bond donors (Lipinski definition) is 1. The summed E-state index contributed by atoms with van der Waals surface area (Å²) in [4.78, 5) is 24.8. The standard InChI is InChI=1S/C14H12BrClN4O/c1-7-2-3-17-13(19-7)8-4-9(8)14(21)20-11-5-12(16)18-6-10(11)15/h2-3,5-6,8-9H,4H2,1H3,(H,18,20,21)/t8-,9-/m0/s1. The van der Waals surface area contributed by atoms with Crippen LogP contribution in [-0.4, -0.2) is 20.9 Å². The maximum Gasteiger partial charge on any atom is 0.228 e. The Balaban J connectivity index is 1.69. The number of aryl methyl sites for hydroxylation is 1. The van der Waals surface area contributed by atoms with Crippen LogP contribution in [0.15, 0.2) is 29.0 Å². The van der Waals surface area contributed by atoms with Gasteiger partial charge in [-0.25, -0.2) is 15.0 Å². The van der Waals surface area contributed by atoms with Crippen molar-refractivity contribution < 1.29 is 4.79 Å². The summed E-state index contributed by atoms with van der Waals surface area (Å²) < 4.78 is 0.698. The van der Waals surface area contributed by atoms with Gasteiger partial charge in [0.15, 0.2) is 0 Å². The number of rotatable bonds is 3. The number of carbonyl (C=O) groups is 1. The number of anilines is 1. The summed E-state index contributed by atoms with van der Waals surface area (Å²) in [6.07, 6.45) is 4.06. The summed E-state index contributed by atoms with van der Waals surface area (Å²) in [7, 11) is 0. The lowest BCUT2D eigenvalue weighted by Crippen LogP contribution is -2.15. The molecule has 2 heterocycles.